The average molecular weight is 249 g/mol. The van der Waals surface area contributed by atoms with Gasteiger partial charge in [-0.15, -0.1) is 0 Å². The fourth-order valence-corrected chi connectivity index (χ4v) is 2.75. The van der Waals surface area contributed by atoms with Crippen LogP contribution >= 0.6 is 0 Å². The molecule has 0 spiro atoms. The summed E-state index contributed by atoms with van der Waals surface area (Å²) in [6.07, 6.45) is 0. The minimum atomic E-state index is -0.286. The largest absolute Gasteiger partial charge is 0.405 e. The van der Waals surface area contributed by atoms with E-state index in [-0.39, 0.29) is 5.63 Å². The maximum atomic E-state index is 12.1. The monoisotopic (exact) mass is 249 g/mol. The highest BCUT2D eigenvalue weighted by Crippen LogP contribution is 2.28. The average Bonchev–Trinajstić information content (AvgIpc) is 2.73. The lowest BCUT2D eigenvalue weighted by atomic mass is 10.2. The highest BCUT2D eigenvalue weighted by molar-refractivity contribution is 5.99. The van der Waals surface area contributed by atoms with Crippen molar-refractivity contribution in [3.63, 3.8) is 0 Å². The molecule has 3 nitrogen and oxygen atoms in total. The van der Waals surface area contributed by atoms with Crippen molar-refractivity contribution in [2.45, 2.75) is 6.92 Å². The summed E-state index contributed by atoms with van der Waals surface area (Å²) >= 11 is 0. The minimum Gasteiger partial charge on any atom is -0.405 e. The zero-order chi connectivity index (χ0) is 13.0. The second kappa shape index (κ2) is 3.48. The first kappa shape index (κ1) is 10.4. The van der Waals surface area contributed by atoms with E-state index in [0.717, 1.165) is 22.0 Å². The van der Waals surface area contributed by atoms with Gasteiger partial charge >= 0.3 is 5.63 Å². The van der Waals surface area contributed by atoms with E-state index in [4.69, 9.17) is 4.42 Å². The lowest BCUT2D eigenvalue weighted by Crippen LogP contribution is -2.03. The van der Waals surface area contributed by atoms with Crippen LogP contribution in [0.4, 0.5) is 0 Å². The molecular formula is C16H11NO2. The van der Waals surface area contributed by atoms with Gasteiger partial charge in [0.1, 0.15) is 0 Å². The molecule has 4 aromatic rings. The summed E-state index contributed by atoms with van der Waals surface area (Å²) in [7, 11) is 0. The Morgan fingerprint density at radius 2 is 1.53 bits per heavy atom. The van der Waals surface area contributed by atoms with Crippen molar-refractivity contribution in [3.05, 3.63) is 64.6 Å². The Bertz CT molecular complexity index is 992. The zero-order valence-electron chi connectivity index (χ0n) is 10.4. The van der Waals surface area contributed by atoms with Crippen LogP contribution in [0, 0.1) is 6.92 Å². The van der Waals surface area contributed by atoms with E-state index >= 15 is 0 Å². The summed E-state index contributed by atoms with van der Waals surface area (Å²) in [5.74, 6) is 0. The van der Waals surface area contributed by atoms with Gasteiger partial charge in [0, 0.05) is 16.5 Å². The van der Waals surface area contributed by atoms with Crippen LogP contribution in [0.25, 0.3) is 27.4 Å². The fourth-order valence-electron chi connectivity index (χ4n) is 2.75. The standard InChI is InChI=1S/C16H11NO2/c1-10-11-6-2-3-7-12(11)15-17(10)14-9-5-4-8-13(14)16(18)19-15/h2-9H,1H3. The molecule has 0 radical (unpaired) electrons. The topological polar surface area (TPSA) is 34.6 Å². The third-order valence-corrected chi connectivity index (χ3v) is 3.64. The molecule has 0 saturated heterocycles. The Kier molecular flexibility index (Phi) is 1.90. The molecule has 0 N–H and O–H groups in total. The summed E-state index contributed by atoms with van der Waals surface area (Å²) in [5.41, 5.74) is 2.32. The van der Waals surface area contributed by atoms with E-state index in [1.165, 1.54) is 0 Å². The lowest BCUT2D eigenvalue weighted by Gasteiger charge is -2.02. The Morgan fingerprint density at radius 3 is 2.32 bits per heavy atom. The first-order valence-corrected chi connectivity index (χ1v) is 6.19. The van der Waals surface area contributed by atoms with Crippen molar-refractivity contribution in [1.82, 2.24) is 4.40 Å². The second-order valence-corrected chi connectivity index (χ2v) is 4.68. The van der Waals surface area contributed by atoms with Gasteiger partial charge < -0.3 is 4.42 Å². The zero-order valence-corrected chi connectivity index (χ0v) is 10.4. The number of aromatic nitrogens is 1. The molecule has 2 aromatic carbocycles. The van der Waals surface area contributed by atoms with Crippen LogP contribution in [0.1, 0.15) is 5.69 Å². The Labute approximate surface area is 108 Å². The van der Waals surface area contributed by atoms with Crippen LogP contribution in [0.5, 0.6) is 0 Å². The normalized spacial score (nSPS) is 11.6. The predicted octanol–water partition coefficient (Wildman–Crippen LogP) is 3.51. The molecule has 3 heteroatoms. The van der Waals surface area contributed by atoms with Crippen molar-refractivity contribution < 1.29 is 4.42 Å². The molecule has 0 aliphatic heterocycles. The Hall–Kier alpha value is -2.55. The van der Waals surface area contributed by atoms with E-state index in [9.17, 15) is 4.79 Å². The molecule has 2 heterocycles. The molecular weight excluding hydrogens is 238 g/mol. The van der Waals surface area contributed by atoms with E-state index in [1.807, 2.05) is 53.8 Å². The first-order chi connectivity index (χ1) is 9.27. The molecule has 0 aliphatic rings. The van der Waals surface area contributed by atoms with E-state index in [2.05, 4.69) is 0 Å². The number of para-hydroxylation sites is 1. The summed E-state index contributed by atoms with van der Waals surface area (Å²) < 4.78 is 7.53. The molecule has 92 valence electrons. The molecule has 0 aliphatic carbocycles. The Balaban J connectivity index is 2.45. The molecule has 0 saturated carbocycles. The highest BCUT2D eigenvalue weighted by Gasteiger charge is 2.14. The van der Waals surface area contributed by atoms with Crippen molar-refractivity contribution in [2.24, 2.45) is 0 Å². The van der Waals surface area contributed by atoms with Crippen LogP contribution in [-0.2, 0) is 0 Å². The van der Waals surface area contributed by atoms with E-state index in [0.29, 0.717) is 11.1 Å². The first-order valence-electron chi connectivity index (χ1n) is 6.19. The molecule has 2 aromatic heterocycles. The number of aryl methyl sites for hydroxylation is 1. The molecule has 0 amide bonds. The third-order valence-electron chi connectivity index (χ3n) is 3.64. The van der Waals surface area contributed by atoms with Gasteiger partial charge in [0.05, 0.1) is 10.9 Å². The van der Waals surface area contributed by atoms with Gasteiger partial charge in [0.2, 0.25) is 5.71 Å². The number of hydrogen-bond donors (Lipinski definition) is 0. The van der Waals surface area contributed by atoms with Crippen LogP contribution in [0.3, 0.4) is 0 Å². The van der Waals surface area contributed by atoms with Crippen LogP contribution < -0.4 is 5.63 Å². The summed E-state index contributed by atoms with van der Waals surface area (Å²) in [6, 6.07) is 15.5. The number of benzene rings is 2. The van der Waals surface area contributed by atoms with Gasteiger partial charge in [0.15, 0.2) is 0 Å². The molecule has 0 bridgehead atoms. The van der Waals surface area contributed by atoms with Crippen LogP contribution in [0.15, 0.2) is 57.7 Å². The van der Waals surface area contributed by atoms with Crippen molar-refractivity contribution in [3.8, 4) is 0 Å². The van der Waals surface area contributed by atoms with Crippen molar-refractivity contribution in [2.75, 3.05) is 0 Å². The highest BCUT2D eigenvalue weighted by atomic mass is 16.4. The Morgan fingerprint density at radius 1 is 0.895 bits per heavy atom. The summed E-state index contributed by atoms with van der Waals surface area (Å²) in [6.45, 7) is 2.04. The third kappa shape index (κ3) is 1.24. The van der Waals surface area contributed by atoms with Crippen LogP contribution in [0.2, 0.25) is 0 Å². The van der Waals surface area contributed by atoms with Crippen molar-refractivity contribution in [1.29, 1.82) is 0 Å². The van der Waals surface area contributed by atoms with Gasteiger partial charge in [-0.2, -0.15) is 0 Å². The minimum absolute atomic E-state index is 0.286. The smallest absolute Gasteiger partial charge is 0.346 e. The van der Waals surface area contributed by atoms with Crippen molar-refractivity contribution >= 4 is 27.4 Å². The number of rotatable bonds is 0. The fraction of sp³-hybridized carbons (Fsp3) is 0.0625. The van der Waals surface area contributed by atoms with Gasteiger partial charge in [0.25, 0.3) is 0 Å². The van der Waals surface area contributed by atoms with Crippen LogP contribution in [-0.4, -0.2) is 4.40 Å². The predicted molar refractivity (Wildman–Crippen MR) is 75.7 cm³/mol. The maximum Gasteiger partial charge on any atom is 0.346 e. The lowest BCUT2D eigenvalue weighted by molar-refractivity contribution is 0.551. The number of nitrogens with zero attached hydrogens (tertiary/aromatic N) is 1. The summed E-state index contributed by atoms with van der Waals surface area (Å²) in [4.78, 5) is 12.1. The molecule has 0 unspecified atom stereocenters. The summed E-state index contributed by atoms with van der Waals surface area (Å²) in [5, 5.41) is 2.70. The quantitative estimate of drug-likeness (QED) is 0.478. The maximum absolute atomic E-state index is 12.1. The van der Waals surface area contributed by atoms with Gasteiger partial charge in [-0.25, -0.2) is 4.79 Å². The van der Waals surface area contributed by atoms with E-state index < -0.39 is 0 Å². The SMILES string of the molecule is Cc1c2ccccc2c2oc(=O)c3ccccc3n12. The number of fused-ring (bicyclic) bond motifs is 5. The van der Waals surface area contributed by atoms with Gasteiger partial charge in [-0.3, -0.25) is 4.40 Å². The molecule has 0 fully saturated rings. The second-order valence-electron chi connectivity index (χ2n) is 4.68. The van der Waals surface area contributed by atoms with Gasteiger partial charge in [-0.05, 0) is 25.1 Å². The molecule has 0 atom stereocenters. The van der Waals surface area contributed by atoms with Gasteiger partial charge in [-0.1, -0.05) is 30.3 Å². The molecule has 4 rings (SSSR count). The van der Waals surface area contributed by atoms with E-state index in [1.54, 1.807) is 6.07 Å². The number of hydrogen-bond acceptors (Lipinski definition) is 2. The molecule has 19 heavy (non-hydrogen) atoms.